The maximum absolute atomic E-state index is 12.5. The number of amides is 5. The first kappa shape index (κ1) is 20.4. The van der Waals surface area contributed by atoms with Crippen LogP contribution in [0.4, 0.5) is 18.0 Å². The van der Waals surface area contributed by atoms with Crippen LogP contribution in [0, 0.1) is 0 Å². The molecule has 2 rings (SSSR count). The van der Waals surface area contributed by atoms with Crippen LogP contribution in [-0.4, -0.2) is 67.0 Å². The molecule has 27 heavy (non-hydrogen) atoms. The van der Waals surface area contributed by atoms with Crippen LogP contribution < -0.4 is 10.2 Å². The summed E-state index contributed by atoms with van der Waals surface area (Å²) in [5.74, 6) is -3.02. The van der Waals surface area contributed by atoms with Crippen molar-refractivity contribution in [1.82, 2.24) is 15.1 Å². The van der Waals surface area contributed by atoms with Gasteiger partial charge in [-0.15, -0.1) is 0 Å². The van der Waals surface area contributed by atoms with Gasteiger partial charge in [0.05, 0.1) is 7.05 Å². The van der Waals surface area contributed by atoms with Crippen molar-refractivity contribution < 1.29 is 37.2 Å². The molecule has 1 aromatic carbocycles. The summed E-state index contributed by atoms with van der Waals surface area (Å²) >= 11 is 0. The zero-order chi connectivity index (χ0) is 20.4. The molecule has 1 aromatic rings. The van der Waals surface area contributed by atoms with Crippen LogP contribution in [0.1, 0.15) is 15.9 Å². The van der Waals surface area contributed by atoms with Gasteiger partial charge >= 0.3 is 24.0 Å². The molecule has 146 valence electrons. The lowest BCUT2D eigenvalue weighted by Gasteiger charge is -2.20. The molecule has 2 N–H and O–H groups in total. The van der Waals surface area contributed by atoms with Gasteiger partial charge in [0.2, 0.25) is 0 Å². The maximum atomic E-state index is 12.5. The van der Waals surface area contributed by atoms with E-state index in [1.54, 1.807) is 31.3 Å². The summed E-state index contributed by atoms with van der Waals surface area (Å²) in [5, 5.41) is 2.48. The number of nitrogens with zero attached hydrogens (tertiary/aromatic N) is 2. The fourth-order valence-electron chi connectivity index (χ4n) is 2.60. The zero-order valence-corrected chi connectivity index (χ0v) is 14.6. The summed E-state index contributed by atoms with van der Waals surface area (Å²) in [6, 6.07) is 5.28. The van der Waals surface area contributed by atoms with E-state index in [1.807, 2.05) is 0 Å². The third-order valence-corrected chi connectivity index (χ3v) is 3.85. The normalized spacial score (nSPS) is 16.1. The van der Waals surface area contributed by atoms with Crippen molar-refractivity contribution in [2.75, 3.05) is 27.3 Å². The molecule has 11 heteroatoms. The molecule has 0 aromatic heterocycles. The predicted molar refractivity (Wildman–Crippen MR) is 85.3 cm³/mol. The molecule has 1 unspecified atom stereocenters. The second kappa shape index (κ2) is 7.74. The number of carbonyl (C=O) groups excluding carboxylic acids is 4. The Kier molecular flexibility index (Phi) is 5.84. The number of imide groups is 2. The lowest BCUT2D eigenvalue weighted by molar-refractivity contribution is -0.901. The minimum Gasteiger partial charge on any atom is -0.355 e. The van der Waals surface area contributed by atoms with Crippen LogP contribution in [0.15, 0.2) is 24.3 Å². The second-order valence-corrected chi connectivity index (χ2v) is 6.09. The Morgan fingerprint density at radius 1 is 1.07 bits per heavy atom. The Morgan fingerprint density at radius 2 is 1.63 bits per heavy atom. The van der Waals surface area contributed by atoms with E-state index < -0.39 is 30.6 Å². The van der Waals surface area contributed by atoms with Crippen molar-refractivity contribution in [3.8, 4) is 0 Å². The summed E-state index contributed by atoms with van der Waals surface area (Å²) in [6.07, 6.45) is -4.78. The summed E-state index contributed by atoms with van der Waals surface area (Å²) in [6.45, 7) is -1.75. The van der Waals surface area contributed by atoms with Gasteiger partial charge in [0.15, 0.2) is 6.67 Å². The molecule has 1 saturated heterocycles. The van der Waals surface area contributed by atoms with Gasteiger partial charge in [0, 0.05) is 18.2 Å². The highest BCUT2D eigenvalue weighted by atomic mass is 19.4. The van der Waals surface area contributed by atoms with E-state index in [-0.39, 0.29) is 17.5 Å². The van der Waals surface area contributed by atoms with Gasteiger partial charge in [0.25, 0.3) is 5.91 Å². The lowest BCUT2D eigenvalue weighted by atomic mass is 10.1. The van der Waals surface area contributed by atoms with Gasteiger partial charge in [-0.05, 0) is 12.1 Å². The highest BCUT2D eigenvalue weighted by Crippen LogP contribution is 2.20. The lowest BCUT2D eigenvalue weighted by Crippen LogP contribution is -3.09. The first-order valence-corrected chi connectivity index (χ1v) is 7.90. The molecule has 8 nitrogen and oxygen atoms in total. The molecule has 1 aliphatic rings. The predicted octanol–water partition coefficient (Wildman–Crippen LogP) is -0.628. The number of hydrogen-bond donors (Lipinski definition) is 2. The van der Waals surface area contributed by atoms with Crippen molar-refractivity contribution in [1.29, 1.82) is 0 Å². The number of hydrogen-bond acceptors (Lipinski definition) is 4. The summed E-state index contributed by atoms with van der Waals surface area (Å²) in [4.78, 5) is 48.0. The molecule has 1 atom stereocenters. The standard InChI is InChI=1S/C16H17F3N4O4/c1-20-12(24)11-5-3-10(4-6-11)7-21(2)9-23-14(26)13(25)22(15(23)27)8-16(17,18)19/h3-6H,7-9H2,1-2H3,(H,20,24)/p+1. The number of nitrogens with one attached hydrogen (secondary N) is 2. The van der Waals surface area contributed by atoms with Gasteiger partial charge in [-0.2, -0.15) is 13.2 Å². The largest absolute Gasteiger partial charge is 0.406 e. The smallest absolute Gasteiger partial charge is 0.355 e. The van der Waals surface area contributed by atoms with E-state index in [0.717, 1.165) is 5.56 Å². The van der Waals surface area contributed by atoms with E-state index in [4.69, 9.17) is 0 Å². The third kappa shape index (κ3) is 4.82. The minimum atomic E-state index is -4.78. The fraction of sp³-hybridized carbons (Fsp3) is 0.375. The molecule has 0 bridgehead atoms. The Morgan fingerprint density at radius 3 is 2.15 bits per heavy atom. The van der Waals surface area contributed by atoms with Crippen LogP contribution in [0.5, 0.6) is 0 Å². The number of carbonyl (C=O) groups is 4. The Hall–Kier alpha value is -2.95. The van der Waals surface area contributed by atoms with Gasteiger partial charge in [-0.3, -0.25) is 14.4 Å². The number of urea groups is 1. The molecule has 0 radical (unpaired) electrons. The average Bonchev–Trinajstić information content (AvgIpc) is 2.78. The number of rotatable bonds is 6. The van der Waals surface area contributed by atoms with Crippen LogP contribution in [0.2, 0.25) is 0 Å². The van der Waals surface area contributed by atoms with Crippen molar-refractivity contribution in [2.24, 2.45) is 0 Å². The second-order valence-electron chi connectivity index (χ2n) is 6.09. The van der Waals surface area contributed by atoms with E-state index in [9.17, 15) is 32.3 Å². The van der Waals surface area contributed by atoms with Gasteiger partial charge in [-0.25, -0.2) is 14.6 Å². The zero-order valence-electron chi connectivity index (χ0n) is 14.6. The van der Waals surface area contributed by atoms with Gasteiger partial charge < -0.3 is 10.2 Å². The minimum absolute atomic E-state index is 0.103. The summed E-state index contributed by atoms with van der Waals surface area (Å²) < 4.78 is 37.4. The van der Waals surface area contributed by atoms with E-state index >= 15 is 0 Å². The van der Waals surface area contributed by atoms with Crippen LogP contribution in [-0.2, 0) is 16.1 Å². The van der Waals surface area contributed by atoms with Crippen LogP contribution in [0.3, 0.4) is 0 Å². The van der Waals surface area contributed by atoms with Crippen molar-refractivity contribution in [3.05, 3.63) is 35.4 Å². The van der Waals surface area contributed by atoms with Gasteiger partial charge in [0.1, 0.15) is 13.1 Å². The van der Waals surface area contributed by atoms with Crippen LogP contribution >= 0.6 is 0 Å². The monoisotopic (exact) mass is 387 g/mol. The quantitative estimate of drug-likeness (QED) is 0.503. The van der Waals surface area contributed by atoms with Crippen molar-refractivity contribution in [3.63, 3.8) is 0 Å². The average molecular weight is 387 g/mol. The molecular formula is C16H18F3N4O4+. The summed E-state index contributed by atoms with van der Waals surface area (Å²) in [5.41, 5.74) is 1.23. The molecule has 0 saturated carbocycles. The highest BCUT2D eigenvalue weighted by Gasteiger charge is 2.49. The Labute approximate surface area is 152 Å². The number of alkyl halides is 3. The molecule has 0 aliphatic carbocycles. The SMILES string of the molecule is CNC(=O)c1ccc(C[NH+](C)CN2C(=O)C(=O)N(CC(F)(F)F)C2=O)cc1. The molecule has 5 amide bonds. The first-order chi connectivity index (χ1) is 12.5. The van der Waals surface area contributed by atoms with Crippen molar-refractivity contribution >= 4 is 23.8 Å². The van der Waals surface area contributed by atoms with E-state index in [2.05, 4.69) is 5.32 Å². The Bertz CT molecular complexity index is 764. The molecular weight excluding hydrogens is 369 g/mol. The number of halogens is 3. The number of quaternary nitrogens is 1. The van der Waals surface area contributed by atoms with E-state index in [1.165, 1.54) is 7.05 Å². The first-order valence-electron chi connectivity index (χ1n) is 7.90. The molecule has 1 fully saturated rings. The topological polar surface area (TPSA) is 91.2 Å². The van der Waals surface area contributed by atoms with Crippen LogP contribution in [0.25, 0.3) is 0 Å². The van der Waals surface area contributed by atoms with Crippen molar-refractivity contribution in [2.45, 2.75) is 12.7 Å². The molecule has 1 aliphatic heterocycles. The molecule has 1 heterocycles. The maximum Gasteiger partial charge on any atom is 0.406 e. The number of benzene rings is 1. The van der Waals surface area contributed by atoms with Gasteiger partial charge in [-0.1, -0.05) is 12.1 Å². The third-order valence-electron chi connectivity index (χ3n) is 3.85. The Balaban J connectivity index is 2.01. The summed E-state index contributed by atoms with van der Waals surface area (Å²) in [7, 11) is 3.12. The highest BCUT2D eigenvalue weighted by molar-refractivity contribution is 6.44. The fourth-order valence-corrected chi connectivity index (χ4v) is 2.60. The molecule has 0 spiro atoms. The van der Waals surface area contributed by atoms with E-state index in [0.29, 0.717) is 21.9 Å².